The van der Waals surface area contributed by atoms with E-state index in [-0.39, 0.29) is 18.8 Å². The van der Waals surface area contributed by atoms with E-state index in [9.17, 15) is 9.50 Å². The second-order valence-corrected chi connectivity index (χ2v) is 8.04. The molecule has 2 aromatic heterocycles. The Balaban J connectivity index is 1.36. The maximum atomic E-state index is 14.8. The summed E-state index contributed by atoms with van der Waals surface area (Å²) in [4.78, 5) is 7.61. The number of nitrogens with one attached hydrogen (secondary N) is 1. The van der Waals surface area contributed by atoms with Crippen LogP contribution in [-0.2, 0) is 4.74 Å². The van der Waals surface area contributed by atoms with Crippen LogP contribution in [0.15, 0.2) is 60.7 Å². The van der Waals surface area contributed by atoms with Crippen LogP contribution in [-0.4, -0.2) is 40.5 Å². The van der Waals surface area contributed by atoms with Crippen LogP contribution in [0, 0.1) is 5.82 Å². The maximum absolute atomic E-state index is 14.8. The Labute approximate surface area is 184 Å². The van der Waals surface area contributed by atoms with Crippen molar-refractivity contribution >= 4 is 16.7 Å². The largest absolute Gasteiger partial charge is 0.473 e. The van der Waals surface area contributed by atoms with Gasteiger partial charge < -0.3 is 25.3 Å². The summed E-state index contributed by atoms with van der Waals surface area (Å²) in [5.41, 5.74) is 10.7. The zero-order valence-corrected chi connectivity index (χ0v) is 17.4. The number of nitrogens with zero attached hydrogens (tertiary/aromatic N) is 1. The number of nitrogens with two attached hydrogens (primary N) is 1. The number of hydrogen-bond donors (Lipinski definition) is 3. The third kappa shape index (κ3) is 4.17. The van der Waals surface area contributed by atoms with Gasteiger partial charge in [0.25, 0.3) is 0 Å². The smallest absolute Gasteiger partial charge is 0.193 e. The van der Waals surface area contributed by atoms with E-state index in [1.165, 1.54) is 6.07 Å². The summed E-state index contributed by atoms with van der Waals surface area (Å²) in [5, 5.41) is 9.17. The molecule has 7 heteroatoms. The second kappa shape index (κ2) is 8.61. The van der Waals surface area contributed by atoms with Crippen molar-refractivity contribution in [1.82, 2.24) is 9.97 Å². The highest BCUT2D eigenvalue weighted by atomic mass is 19.1. The van der Waals surface area contributed by atoms with Crippen molar-refractivity contribution in [3.8, 4) is 28.3 Å². The number of aliphatic hydroxyl groups is 1. The van der Waals surface area contributed by atoms with Crippen LogP contribution in [0.4, 0.5) is 10.1 Å². The Bertz CT molecular complexity index is 1210. The van der Waals surface area contributed by atoms with Gasteiger partial charge in [0.2, 0.25) is 0 Å². The van der Waals surface area contributed by atoms with E-state index in [0.29, 0.717) is 40.5 Å². The molecule has 2 aromatic carbocycles. The molecule has 1 aliphatic rings. The minimum absolute atomic E-state index is 0.0199. The number of pyridine rings is 1. The van der Waals surface area contributed by atoms with Gasteiger partial charge in [-0.25, -0.2) is 9.37 Å². The van der Waals surface area contributed by atoms with Gasteiger partial charge in [-0.1, -0.05) is 36.4 Å². The Morgan fingerprint density at radius 1 is 1.03 bits per heavy atom. The van der Waals surface area contributed by atoms with E-state index in [1.54, 1.807) is 6.07 Å². The van der Waals surface area contributed by atoms with Gasteiger partial charge in [-0.05, 0) is 36.1 Å². The van der Waals surface area contributed by atoms with E-state index in [0.717, 1.165) is 24.0 Å². The van der Waals surface area contributed by atoms with Gasteiger partial charge >= 0.3 is 0 Å². The highest BCUT2D eigenvalue weighted by Crippen LogP contribution is 2.30. The number of anilines is 1. The maximum Gasteiger partial charge on any atom is 0.193 e. The third-order valence-corrected chi connectivity index (χ3v) is 5.76. The number of H-pyrrole nitrogens is 1. The lowest BCUT2D eigenvalue weighted by Crippen LogP contribution is -2.35. The van der Waals surface area contributed by atoms with Gasteiger partial charge in [0.15, 0.2) is 11.7 Å². The Hall–Kier alpha value is -3.42. The first-order valence-corrected chi connectivity index (χ1v) is 10.6. The monoisotopic (exact) mass is 433 g/mol. The summed E-state index contributed by atoms with van der Waals surface area (Å²) in [6.07, 6.45) is 1.29. The average molecular weight is 433 g/mol. The molecule has 0 aliphatic carbocycles. The molecule has 2 atom stereocenters. The lowest BCUT2D eigenvalue weighted by atomic mass is 10.0. The van der Waals surface area contributed by atoms with Gasteiger partial charge in [0, 0.05) is 23.4 Å². The lowest BCUT2D eigenvalue weighted by molar-refractivity contribution is -0.0663. The van der Waals surface area contributed by atoms with Crippen LogP contribution in [0.1, 0.15) is 12.8 Å². The molecule has 0 spiro atoms. The standard InChI is InChI=1S/C25H24FN3O3/c26-21-11-22-23(12-24(28-22)32-20-10-9-19(13-30)31-14-20)29-25(21)17-3-1-15(2-4-17)16-5-7-18(27)8-6-16/h1-8,11-12,19-20,28,30H,9-10,13-14,27H2. The predicted octanol–water partition coefficient (Wildman–Crippen LogP) is 4.54. The van der Waals surface area contributed by atoms with E-state index in [1.807, 2.05) is 48.5 Å². The van der Waals surface area contributed by atoms with Crippen molar-refractivity contribution in [3.63, 3.8) is 0 Å². The fourth-order valence-electron chi connectivity index (χ4n) is 3.97. The van der Waals surface area contributed by atoms with Crippen LogP contribution in [0.25, 0.3) is 33.4 Å². The first-order chi connectivity index (χ1) is 15.6. The summed E-state index contributed by atoms with van der Waals surface area (Å²) < 4.78 is 26.4. The number of halogens is 1. The van der Waals surface area contributed by atoms with E-state index in [4.69, 9.17) is 15.2 Å². The van der Waals surface area contributed by atoms with Crippen molar-refractivity contribution in [2.45, 2.75) is 25.0 Å². The minimum Gasteiger partial charge on any atom is -0.473 e. The molecular weight excluding hydrogens is 409 g/mol. The molecule has 164 valence electrons. The fraction of sp³-hybridized carbons (Fsp3) is 0.240. The Kier molecular flexibility index (Phi) is 5.51. The van der Waals surface area contributed by atoms with Crippen molar-refractivity contribution < 1.29 is 19.0 Å². The molecule has 0 bridgehead atoms. The van der Waals surface area contributed by atoms with Gasteiger partial charge in [-0.2, -0.15) is 0 Å². The van der Waals surface area contributed by atoms with Crippen LogP contribution < -0.4 is 10.5 Å². The molecule has 6 nitrogen and oxygen atoms in total. The molecule has 1 aliphatic heterocycles. The number of benzene rings is 2. The number of hydrogen-bond acceptors (Lipinski definition) is 5. The van der Waals surface area contributed by atoms with E-state index in [2.05, 4.69) is 9.97 Å². The third-order valence-electron chi connectivity index (χ3n) is 5.76. The predicted molar refractivity (Wildman–Crippen MR) is 122 cm³/mol. The van der Waals surface area contributed by atoms with Crippen molar-refractivity contribution in [2.24, 2.45) is 0 Å². The molecule has 4 N–H and O–H groups in total. The topological polar surface area (TPSA) is 93.4 Å². The first kappa shape index (κ1) is 20.5. The second-order valence-electron chi connectivity index (χ2n) is 8.04. The quantitative estimate of drug-likeness (QED) is 0.402. The Morgan fingerprint density at radius 3 is 2.38 bits per heavy atom. The summed E-state index contributed by atoms with van der Waals surface area (Å²) in [6, 6.07) is 18.5. The van der Waals surface area contributed by atoms with Gasteiger partial charge in [0.05, 0.1) is 30.4 Å². The molecule has 32 heavy (non-hydrogen) atoms. The zero-order chi connectivity index (χ0) is 22.1. The average Bonchev–Trinajstić information content (AvgIpc) is 3.20. The van der Waals surface area contributed by atoms with Crippen LogP contribution in [0.3, 0.4) is 0 Å². The number of rotatable bonds is 5. The van der Waals surface area contributed by atoms with Crippen LogP contribution in [0.2, 0.25) is 0 Å². The number of aromatic nitrogens is 2. The van der Waals surface area contributed by atoms with Crippen molar-refractivity contribution in [3.05, 3.63) is 66.5 Å². The first-order valence-electron chi connectivity index (χ1n) is 10.6. The fourth-order valence-corrected chi connectivity index (χ4v) is 3.97. The Morgan fingerprint density at radius 2 is 1.72 bits per heavy atom. The van der Waals surface area contributed by atoms with E-state index < -0.39 is 5.82 Å². The lowest BCUT2D eigenvalue weighted by Gasteiger charge is -2.27. The van der Waals surface area contributed by atoms with Crippen molar-refractivity contribution in [2.75, 3.05) is 18.9 Å². The van der Waals surface area contributed by atoms with Crippen LogP contribution >= 0.6 is 0 Å². The summed E-state index contributed by atoms with van der Waals surface area (Å²) in [7, 11) is 0. The van der Waals surface area contributed by atoms with Gasteiger partial charge in [-0.15, -0.1) is 0 Å². The highest BCUT2D eigenvalue weighted by Gasteiger charge is 2.23. The summed E-state index contributed by atoms with van der Waals surface area (Å²) in [6.45, 7) is 0.431. The normalized spacial score (nSPS) is 18.7. The zero-order valence-electron chi connectivity index (χ0n) is 17.4. The van der Waals surface area contributed by atoms with Crippen LogP contribution in [0.5, 0.6) is 5.88 Å². The molecule has 5 rings (SSSR count). The summed E-state index contributed by atoms with van der Waals surface area (Å²) in [5.74, 6) is 0.122. The number of nitrogen functional groups attached to an aromatic ring is 1. The van der Waals surface area contributed by atoms with Gasteiger partial charge in [-0.3, -0.25) is 0 Å². The molecule has 0 radical (unpaired) electrons. The number of aromatic amines is 1. The molecule has 0 saturated carbocycles. The molecule has 2 unspecified atom stereocenters. The summed E-state index contributed by atoms with van der Waals surface area (Å²) >= 11 is 0. The number of aliphatic hydroxyl groups excluding tert-OH is 1. The van der Waals surface area contributed by atoms with Gasteiger partial charge in [0.1, 0.15) is 11.8 Å². The molecule has 1 fully saturated rings. The molecular formula is C25H24FN3O3. The molecule has 3 heterocycles. The highest BCUT2D eigenvalue weighted by molar-refractivity contribution is 5.81. The minimum atomic E-state index is -0.405. The van der Waals surface area contributed by atoms with Crippen molar-refractivity contribution in [1.29, 1.82) is 0 Å². The number of ether oxygens (including phenoxy) is 2. The number of fused-ring (bicyclic) bond motifs is 1. The molecule has 4 aromatic rings. The van der Waals surface area contributed by atoms with E-state index >= 15 is 0 Å². The molecule has 1 saturated heterocycles. The molecule has 0 amide bonds. The SMILES string of the molecule is Nc1ccc(-c2ccc(-c3nc4cc(OC5CCC(CO)OC5)[nH]c4cc3F)cc2)cc1.